The minimum atomic E-state index is -3.92. The number of nitrogens with zero attached hydrogens (tertiary/aromatic N) is 1. The Balaban J connectivity index is 1.93. The molecule has 3 aromatic carbocycles. The van der Waals surface area contributed by atoms with Gasteiger partial charge < -0.3 is 5.32 Å². The first-order valence-electron chi connectivity index (χ1n) is 10.7. The van der Waals surface area contributed by atoms with Crippen LogP contribution in [0.1, 0.15) is 41.6 Å². The Morgan fingerprint density at radius 2 is 1.56 bits per heavy atom. The Kier molecular flexibility index (Phi) is 7.36. The summed E-state index contributed by atoms with van der Waals surface area (Å²) >= 11 is 0. The van der Waals surface area contributed by atoms with E-state index in [0.717, 1.165) is 22.3 Å². The molecule has 1 N–H and O–H groups in total. The summed E-state index contributed by atoms with van der Waals surface area (Å²) < 4.78 is 28.2. The lowest BCUT2D eigenvalue weighted by Gasteiger charge is -2.27. The second kappa shape index (κ2) is 10.0. The van der Waals surface area contributed by atoms with Gasteiger partial charge in [0.1, 0.15) is 6.54 Å². The summed E-state index contributed by atoms with van der Waals surface area (Å²) in [6.07, 6.45) is 0.700. The molecule has 0 saturated carbocycles. The third-order valence-electron chi connectivity index (χ3n) is 5.55. The van der Waals surface area contributed by atoms with Gasteiger partial charge in [-0.1, -0.05) is 67.1 Å². The molecule has 3 aromatic rings. The van der Waals surface area contributed by atoms with Crippen LogP contribution in [0.2, 0.25) is 0 Å². The molecule has 0 aliphatic carbocycles. The maximum Gasteiger partial charge on any atom is 0.264 e. The summed E-state index contributed by atoms with van der Waals surface area (Å²) in [6, 6.07) is 21.3. The van der Waals surface area contributed by atoms with Gasteiger partial charge in [0.05, 0.1) is 16.6 Å². The number of rotatable bonds is 8. The largest absolute Gasteiger partial charge is 0.348 e. The lowest BCUT2D eigenvalue weighted by atomic mass is 9.97. The number of hydrogen-bond donors (Lipinski definition) is 1. The molecule has 0 fully saturated rings. The van der Waals surface area contributed by atoms with Crippen molar-refractivity contribution in [2.75, 3.05) is 10.8 Å². The zero-order valence-electron chi connectivity index (χ0n) is 19.0. The van der Waals surface area contributed by atoms with Gasteiger partial charge in [-0.05, 0) is 62.1 Å². The Labute approximate surface area is 191 Å². The van der Waals surface area contributed by atoms with E-state index in [-0.39, 0.29) is 23.4 Å². The highest BCUT2D eigenvalue weighted by Crippen LogP contribution is 2.27. The summed E-state index contributed by atoms with van der Waals surface area (Å²) in [6.45, 7) is 7.60. The van der Waals surface area contributed by atoms with Gasteiger partial charge in [0.2, 0.25) is 5.91 Å². The van der Waals surface area contributed by atoms with Crippen molar-refractivity contribution in [1.82, 2.24) is 5.32 Å². The second-order valence-electron chi connectivity index (χ2n) is 8.00. The van der Waals surface area contributed by atoms with Crippen LogP contribution in [0, 0.1) is 20.8 Å². The zero-order valence-corrected chi connectivity index (χ0v) is 19.8. The lowest BCUT2D eigenvalue weighted by molar-refractivity contribution is -0.120. The number of aryl methyl sites for hydroxylation is 3. The number of hydrogen-bond acceptors (Lipinski definition) is 3. The van der Waals surface area contributed by atoms with Crippen molar-refractivity contribution < 1.29 is 13.2 Å². The summed E-state index contributed by atoms with van der Waals surface area (Å²) in [7, 11) is -3.92. The summed E-state index contributed by atoms with van der Waals surface area (Å²) in [5.74, 6) is -0.348. The highest BCUT2D eigenvalue weighted by Gasteiger charge is 2.28. The quantitative estimate of drug-likeness (QED) is 0.521. The van der Waals surface area contributed by atoms with E-state index >= 15 is 0 Å². The number of amides is 1. The van der Waals surface area contributed by atoms with E-state index in [0.29, 0.717) is 12.1 Å². The van der Waals surface area contributed by atoms with Gasteiger partial charge in [-0.25, -0.2) is 8.42 Å². The maximum absolute atomic E-state index is 13.5. The van der Waals surface area contributed by atoms with E-state index in [1.54, 1.807) is 42.5 Å². The molecule has 32 heavy (non-hydrogen) atoms. The predicted molar refractivity (Wildman–Crippen MR) is 129 cm³/mol. The van der Waals surface area contributed by atoms with Gasteiger partial charge in [0.15, 0.2) is 0 Å². The minimum Gasteiger partial charge on any atom is -0.348 e. The van der Waals surface area contributed by atoms with Crippen molar-refractivity contribution >= 4 is 21.6 Å². The molecule has 0 aliphatic rings. The lowest BCUT2D eigenvalue weighted by Crippen LogP contribution is -2.42. The highest BCUT2D eigenvalue weighted by molar-refractivity contribution is 7.92. The number of benzene rings is 3. The first-order valence-corrected chi connectivity index (χ1v) is 12.2. The van der Waals surface area contributed by atoms with E-state index in [1.165, 1.54) is 4.31 Å². The molecule has 0 aromatic heterocycles. The molecular formula is C26H30N2O3S. The molecule has 0 radical (unpaired) electrons. The van der Waals surface area contributed by atoms with Crippen molar-refractivity contribution in [2.45, 2.75) is 45.1 Å². The Bertz CT molecular complexity index is 1190. The first kappa shape index (κ1) is 23.5. The summed E-state index contributed by atoms with van der Waals surface area (Å²) in [5.41, 5.74) is 4.57. The average molecular weight is 451 g/mol. The highest BCUT2D eigenvalue weighted by atomic mass is 32.2. The van der Waals surface area contributed by atoms with Crippen molar-refractivity contribution in [2.24, 2.45) is 0 Å². The van der Waals surface area contributed by atoms with Gasteiger partial charge in [0.25, 0.3) is 10.0 Å². The fourth-order valence-electron chi connectivity index (χ4n) is 3.85. The Morgan fingerprint density at radius 3 is 2.19 bits per heavy atom. The molecule has 0 saturated heterocycles. The fraction of sp³-hybridized carbons (Fsp3) is 0.269. The fourth-order valence-corrected chi connectivity index (χ4v) is 5.36. The number of sulfonamides is 1. The molecule has 0 heterocycles. The summed E-state index contributed by atoms with van der Waals surface area (Å²) in [5, 5.41) is 3.04. The van der Waals surface area contributed by atoms with Crippen LogP contribution in [0.5, 0.6) is 0 Å². The molecule has 0 spiro atoms. The second-order valence-corrected chi connectivity index (χ2v) is 9.86. The molecule has 1 unspecified atom stereocenters. The van der Waals surface area contributed by atoms with Crippen LogP contribution in [0.4, 0.5) is 5.69 Å². The summed E-state index contributed by atoms with van der Waals surface area (Å²) in [4.78, 5) is 13.3. The Hall–Kier alpha value is -3.12. The smallest absolute Gasteiger partial charge is 0.264 e. The molecule has 5 nitrogen and oxygen atoms in total. The van der Waals surface area contributed by atoms with Crippen molar-refractivity contribution in [1.29, 1.82) is 0 Å². The zero-order chi connectivity index (χ0) is 23.3. The molecule has 6 heteroatoms. The molecule has 1 atom stereocenters. The van der Waals surface area contributed by atoms with Gasteiger partial charge in [-0.15, -0.1) is 0 Å². The van der Waals surface area contributed by atoms with E-state index in [1.807, 2.05) is 52.0 Å². The van der Waals surface area contributed by atoms with Crippen LogP contribution >= 0.6 is 0 Å². The third-order valence-corrected chi connectivity index (χ3v) is 7.32. The van der Waals surface area contributed by atoms with Crippen LogP contribution < -0.4 is 9.62 Å². The van der Waals surface area contributed by atoms with Gasteiger partial charge in [-0.3, -0.25) is 9.10 Å². The molecule has 0 aliphatic heterocycles. The minimum absolute atomic E-state index is 0.150. The first-order chi connectivity index (χ1) is 15.2. The standard InChI is InChI=1S/C26H30N2O3S/c1-5-24(23-16-15-19(2)17-21(23)4)27-26(29)18-28(25-14-10-9-11-20(25)3)32(30,31)22-12-7-6-8-13-22/h6-17,24H,5,18H2,1-4H3,(H,27,29). The third kappa shape index (κ3) is 5.19. The molecule has 1 amide bonds. The van der Waals surface area contributed by atoms with Crippen molar-refractivity contribution in [3.05, 3.63) is 95.1 Å². The van der Waals surface area contributed by atoms with Crippen LogP contribution in [0.15, 0.2) is 77.7 Å². The number of nitrogens with one attached hydrogen (secondary N) is 1. The van der Waals surface area contributed by atoms with Crippen LogP contribution in [-0.2, 0) is 14.8 Å². The van der Waals surface area contributed by atoms with E-state index in [9.17, 15) is 13.2 Å². The van der Waals surface area contributed by atoms with Crippen molar-refractivity contribution in [3.8, 4) is 0 Å². The molecule has 0 bridgehead atoms. The number of carbonyl (C=O) groups excluding carboxylic acids is 1. The van der Waals surface area contributed by atoms with Crippen molar-refractivity contribution in [3.63, 3.8) is 0 Å². The number of para-hydroxylation sites is 1. The Morgan fingerprint density at radius 1 is 0.906 bits per heavy atom. The van der Waals surface area contributed by atoms with Crippen LogP contribution in [0.3, 0.4) is 0 Å². The SMILES string of the molecule is CCC(NC(=O)CN(c1ccccc1C)S(=O)(=O)c1ccccc1)c1ccc(C)cc1C. The van der Waals surface area contributed by atoms with Gasteiger partial charge >= 0.3 is 0 Å². The molecular weight excluding hydrogens is 420 g/mol. The predicted octanol–water partition coefficient (Wildman–Crippen LogP) is 5.07. The van der Waals surface area contributed by atoms with E-state index < -0.39 is 10.0 Å². The van der Waals surface area contributed by atoms with Gasteiger partial charge in [0, 0.05) is 0 Å². The maximum atomic E-state index is 13.5. The molecule has 3 rings (SSSR count). The monoisotopic (exact) mass is 450 g/mol. The average Bonchev–Trinajstić information content (AvgIpc) is 2.77. The van der Waals surface area contributed by atoms with E-state index in [2.05, 4.69) is 11.4 Å². The van der Waals surface area contributed by atoms with Gasteiger partial charge in [-0.2, -0.15) is 0 Å². The normalized spacial score (nSPS) is 12.2. The van der Waals surface area contributed by atoms with Crippen LogP contribution in [-0.4, -0.2) is 20.9 Å². The number of anilines is 1. The topological polar surface area (TPSA) is 66.5 Å². The number of carbonyl (C=O) groups is 1. The van der Waals surface area contributed by atoms with Crippen LogP contribution in [0.25, 0.3) is 0 Å². The van der Waals surface area contributed by atoms with E-state index in [4.69, 9.17) is 0 Å². The molecule has 168 valence electrons.